The van der Waals surface area contributed by atoms with Crippen molar-refractivity contribution in [3.05, 3.63) is 0 Å². The predicted octanol–water partition coefficient (Wildman–Crippen LogP) is 1.13. The number of nitrogens with zero attached hydrogens (tertiary/aromatic N) is 1. The Morgan fingerprint density at radius 3 is 2.18 bits per heavy atom. The molecule has 17 heavy (non-hydrogen) atoms. The summed E-state index contributed by atoms with van der Waals surface area (Å²) in [4.78, 5) is 2.09. The van der Waals surface area contributed by atoms with Crippen LogP contribution < -0.4 is 5.32 Å². The molecule has 0 rings (SSSR count). The molecule has 0 saturated heterocycles. The molecular weight excluding hydrogens is 236 g/mol. The van der Waals surface area contributed by atoms with Gasteiger partial charge in [0.2, 0.25) is 0 Å². The third-order valence-corrected chi connectivity index (χ3v) is 4.18. The first-order valence-corrected chi connectivity index (χ1v) is 8.47. The van der Waals surface area contributed by atoms with Gasteiger partial charge in [0.15, 0.2) is 0 Å². The summed E-state index contributed by atoms with van der Waals surface area (Å²) in [5, 5.41) is 3.51. The van der Waals surface area contributed by atoms with Crippen molar-refractivity contribution >= 4 is 9.84 Å². The fourth-order valence-electron chi connectivity index (χ4n) is 1.60. The highest BCUT2D eigenvalue weighted by molar-refractivity contribution is 7.90. The molecular formula is C12H28N2O2S. The Hall–Kier alpha value is -0.130. The van der Waals surface area contributed by atoms with Crippen molar-refractivity contribution < 1.29 is 8.42 Å². The van der Waals surface area contributed by atoms with Gasteiger partial charge >= 0.3 is 0 Å². The van der Waals surface area contributed by atoms with E-state index in [1.165, 1.54) is 6.26 Å². The van der Waals surface area contributed by atoms with Crippen molar-refractivity contribution in [3.63, 3.8) is 0 Å². The number of hydrogen-bond donors (Lipinski definition) is 1. The van der Waals surface area contributed by atoms with Crippen LogP contribution in [-0.2, 0) is 9.84 Å². The molecule has 0 radical (unpaired) electrons. The van der Waals surface area contributed by atoms with E-state index in [1.807, 2.05) is 7.05 Å². The van der Waals surface area contributed by atoms with Gasteiger partial charge in [0.05, 0.1) is 5.75 Å². The lowest BCUT2D eigenvalue weighted by atomic mass is 10.1. The lowest BCUT2D eigenvalue weighted by Crippen LogP contribution is -2.42. The normalized spacial score (nSPS) is 14.5. The van der Waals surface area contributed by atoms with Crippen molar-refractivity contribution in [3.8, 4) is 0 Å². The average Bonchev–Trinajstić information content (AvgIpc) is 2.25. The molecule has 0 amide bonds. The monoisotopic (exact) mass is 264 g/mol. The summed E-state index contributed by atoms with van der Waals surface area (Å²) in [6.07, 6.45) is 3.56. The van der Waals surface area contributed by atoms with Crippen molar-refractivity contribution in [2.45, 2.75) is 45.7 Å². The molecule has 0 bridgehead atoms. The maximum absolute atomic E-state index is 11.1. The third kappa shape index (κ3) is 8.57. The fraction of sp³-hybridized carbons (Fsp3) is 1.00. The molecule has 4 nitrogen and oxygen atoms in total. The molecule has 0 heterocycles. The molecule has 0 aromatic heterocycles. The molecule has 5 heteroatoms. The number of nitrogens with one attached hydrogen (secondary N) is 1. The van der Waals surface area contributed by atoms with Gasteiger partial charge in [-0.15, -0.1) is 0 Å². The maximum Gasteiger partial charge on any atom is 0.148 e. The van der Waals surface area contributed by atoms with Gasteiger partial charge in [0.1, 0.15) is 9.84 Å². The Balaban J connectivity index is 3.93. The fourth-order valence-corrected chi connectivity index (χ4v) is 2.22. The van der Waals surface area contributed by atoms with E-state index in [1.54, 1.807) is 0 Å². The smallest absolute Gasteiger partial charge is 0.148 e. The van der Waals surface area contributed by atoms with E-state index >= 15 is 0 Å². The molecule has 0 fully saturated rings. The van der Waals surface area contributed by atoms with E-state index in [-0.39, 0.29) is 5.75 Å². The van der Waals surface area contributed by atoms with Gasteiger partial charge in [-0.25, -0.2) is 8.42 Å². The summed E-state index contributed by atoms with van der Waals surface area (Å²) in [5.74, 6) is 0.235. The summed E-state index contributed by atoms with van der Waals surface area (Å²) in [6, 6.07) is 0.929. The summed E-state index contributed by atoms with van der Waals surface area (Å²) < 4.78 is 22.1. The zero-order chi connectivity index (χ0) is 13.5. The van der Waals surface area contributed by atoms with Crippen molar-refractivity contribution in [2.75, 3.05) is 32.1 Å². The standard InChI is InChI=1S/C12H28N2O2S/c1-6-12(7-2)13-10-11(3)14(4)8-9-17(5,15)16/h11-13H,6-10H2,1-5H3. The van der Waals surface area contributed by atoms with Crippen LogP contribution >= 0.6 is 0 Å². The highest BCUT2D eigenvalue weighted by atomic mass is 32.2. The summed E-state index contributed by atoms with van der Waals surface area (Å²) in [6.45, 7) is 7.99. The topological polar surface area (TPSA) is 49.4 Å². The lowest BCUT2D eigenvalue weighted by Gasteiger charge is -2.26. The molecule has 1 unspecified atom stereocenters. The number of rotatable bonds is 9. The van der Waals surface area contributed by atoms with Gasteiger partial charge in [-0.3, -0.25) is 0 Å². The SMILES string of the molecule is CCC(CC)NCC(C)N(C)CCS(C)(=O)=O. The van der Waals surface area contributed by atoms with Crippen molar-refractivity contribution in [1.82, 2.24) is 10.2 Å². The van der Waals surface area contributed by atoms with Crippen LogP contribution in [0.3, 0.4) is 0 Å². The second kappa shape index (κ2) is 8.06. The molecule has 0 spiro atoms. The van der Waals surface area contributed by atoms with E-state index in [4.69, 9.17) is 0 Å². The van der Waals surface area contributed by atoms with Gasteiger partial charge in [0.25, 0.3) is 0 Å². The van der Waals surface area contributed by atoms with Crippen LogP contribution in [0.1, 0.15) is 33.6 Å². The first kappa shape index (κ1) is 16.9. The summed E-state index contributed by atoms with van der Waals surface area (Å²) in [7, 11) is -0.879. The second-order valence-electron chi connectivity index (χ2n) is 4.88. The van der Waals surface area contributed by atoms with Crippen LogP contribution in [0.15, 0.2) is 0 Å². The lowest BCUT2D eigenvalue weighted by molar-refractivity contribution is 0.255. The van der Waals surface area contributed by atoms with Crippen LogP contribution in [-0.4, -0.2) is 57.5 Å². The minimum absolute atomic E-state index is 0.235. The zero-order valence-corrected chi connectivity index (χ0v) is 12.7. The van der Waals surface area contributed by atoms with Crippen LogP contribution in [0.4, 0.5) is 0 Å². The average molecular weight is 264 g/mol. The van der Waals surface area contributed by atoms with E-state index in [2.05, 4.69) is 31.0 Å². The predicted molar refractivity (Wildman–Crippen MR) is 74.2 cm³/mol. The Bertz CT molecular complexity index is 287. The minimum Gasteiger partial charge on any atom is -0.312 e. The Labute approximate surface area is 107 Å². The Morgan fingerprint density at radius 1 is 1.24 bits per heavy atom. The molecule has 0 aliphatic heterocycles. The van der Waals surface area contributed by atoms with Gasteiger partial charge in [-0.05, 0) is 26.8 Å². The third-order valence-electron chi connectivity index (χ3n) is 3.25. The molecule has 0 aromatic rings. The van der Waals surface area contributed by atoms with E-state index < -0.39 is 9.84 Å². The minimum atomic E-state index is -2.86. The van der Waals surface area contributed by atoms with Crippen LogP contribution in [0.25, 0.3) is 0 Å². The summed E-state index contributed by atoms with van der Waals surface area (Å²) in [5.41, 5.74) is 0. The number of likely N-dealkylation sites (N-methyl/N-ethyl adjacent to an activating group) is 1. The molecule has 0 aromatic carbocycles. The number of hydrogen-bond acceptors (Lipinski definition) is 4. The van der Waals surface area contributed by atoms with Crippen LogP contribution in [0, 0.1) is 0 Å². The molecule has 1 N–H and O–H groups in total. The molecule has 104 valence electrons. The molecule has 1 atom stereocenters. The van der Waals surface area contributed by atoms with Gasteiger partial charge in [-0.1, -0.05) is 13.8 Å². The first-order valence-electron chi connectivity index (χ1n) is 6.41. The van der Waals surface area contributed by atoms with E-state index in [9.17, 15) is 8.42 Å². The first-order chi connectivity index (χ1) is 7.80. The Kier molecular flexibility index (Phi) is 8.00. The largest absolute Gasteiger partial charge is 0.312 e. The maximum atomic E-state index is 11.1. The second-order valence-corrected chi connectivity index (χ2v) is 7.14. The van der Waals surface area contributed by atoms with Crippen LogP contribution in [0.2, 0.25) is 0 Å². The Morgan fingerprint density at radius 2 is 1.76 bits per heavy atom. The number of sulfone groups is 1. The molecule has 0 aliphatic rings. The van der Waals surface area contributed by atoms with Gasteiger partial charge < -0.3 is 10.2 Å². The summed E-state index contributed by atoms with van der Waals surface area (Å²) >= 11 is 0. The quantitative estimate of drug-likeness (QED) is 0.678. The highest BCUT2D eigenvalue weighted by Crippen LogP contribution is 1.99. The van der Waals surface area contributed by atoms with Crippen molar-refractivity contribution in [1.29, 1.82) is 0 Å². The molecule has 0 saturated carbocycles. The van der Waals surface area contributed by atoms with Gasteiger partial charge in [0, 0.05) is 31.4 Å². The van der Waals surface area contributed by atoms with Gasteiger partial charge in [-0.2, -0.15) is 0 Å². The van der Waals surface area contributed by atoms with Crippen molar-refractivity contribution in [2.24, 2.45) is 0 Å². The van der Waals surface area contributed by atoms with E-state index in [0.29, 0.717) is 18.6 Å². The van der Waals surface area contributed by atoms with E-state index in [0.717, 1.165) is 19.4 Å². The zero-order valence-electron chi connectivity index (χ0n) is 11.9. The highest BCUT2D eigenvalue weighted by Gasteiger charge is 2.12. The van der Waals surface area contributed by atoms with Crippen LogP contribution in [0.5, 0.6) is 0 Å². The molecule has 0 aliphatic carbocycles.